The summed E-state index contributed by atoms with van der Waals surface area (Å²) >= 11 is 0. The molecule has 0 atom stereocenters. The van der Waals surface area contributed by atoms with Gasteiger partial charge in [0.15, 0.2) is 0 Å². The normalized spacial score (nSPS) is 21.5. The van der Waals surface area contributed by atoms with E-state index in [0.29, 0.717) is 6.04 Å². The van der Waals surface area contributed by atoms with Gasteiger partial charge in [-0.3, -0.25) is 4.90 Å². The first kappa shape index (κ1) is 23.7. The van der Waals surface area contributed by atoms with E-state index in [0.717, 1.165) is 6.42 Å². The van der Waals surface area contributed by atoms with Crippen molar-refractivity contribution >= 4 is 30.5 Å². The van der Waals surface area contributed by atoms with Crippen molar-refractivity contribution in [1.29, 1.82) is 0 Å². The molecule has 1 saturated carbocycles. The van der Waals surface area contributed by atoms with Crippen LogP contribution < -0.4 is 5.32 Å². The molecule has 3 aromatic carbocycles. The molecule has 0 aliphatic heterocycles. The molecule has 0 unspecified atom stereocenters. The number of nitrogens with zero attached hydrogens (tertiary/aromatic N) is 1. The van der Waals surface area contributed by atoms with E-state index in [-0.39, 0.29) is 30.4 Å². The van der Waals surface area contributed by atoms with Gasteiger partial charge in [0, 0.05) is 23.7 Å². The molecule has 0 bridgehead atoms. The van der Waals surface area contributed by atoms with Gasteiger partial charge >= 0.3 is 0 Å². The van der Waals surface area contributed by atoms with Crippen LogP contribution in [-0.4, -0.2) is 25.0 Å². The van der Waals surface area contributed by atoms with Gasteiger partial charge in [-0.05, 0) is 73.7 Å². The van der Waals surface area contributed by atoms with Crippen LogP contribution in [0.4, 0.5) is 5.69 Å². The van der Waals surface area contributed by atoms with Crippen molar-refractivity contribution in [2.45, 2.75) is 43.7 Å². The summed E-state index contributed by atoms with van der Waals surface area (Å²) in [5.41, 5.74) is 8.70. The average Bonchev–Trinajstić information content (AvgIpc) is 3.15. The van der Waals surface area contributed by atoms with E-state index in [1.54, 1.807) is 0 Å². The van der Waals surface area contributed by atoms with Crippen LogP contribution in [0, 0.1) is 0 Å². The highest BCUT2D eigenvalue weighted by molar-refractivity contribution is 5.85. The lowest BCUT2D eigenvalue weighted by Crippen LogP contribution is -2.46. The van der Waals surface area contributed by atoms with Crippen molar-refractivity contribution in [2.24, 2.45) is 0 Å². The van der Waals surface area contributed by atoms with E-state index in [2.05, 4.69) is 97.1 Å². The number of halogens is 2. The molecule has 31 heavy (non-hydrogen) atoms. The number of nitrogens with one attached hydrogen (secondary N) is 1. The van der Waals surface area contributed by atoms with Crippen molar-refractivity contribution in [2.75, 3.05) is 19.4 Å². The highest BCUT2D eigenvalue weighted by atomic mass is 35.5. The van der Waals surface area contributed by atoms with Gasteiger partial charge in [0.1, 0.15) is 0 Å². The number of benzene rings is 3. The molecule has 164 valence electrons. The molecule has 0 amide bonds. The molecule has 4 heteroatoms. The molecule has 5 rings (SSSR count). The third-order valence-electron chi connectivity index (χ3n) is 7.19. The fourth-order valence-corrected chi connectivity index (χ4v) is 5.49. The smallest absolute Gasteiger partial charge is 0.0456 e. The van der Waals surface area contributed by atoms with Crippen LogP contribution in [0.2, 0.25) is 0 Å². The van der Waals surface area contributed by atoms with Gasteiger partial charge in [-0.15, -0.1) is 24.8 Å². The number of hydrogen-bond donors (Lipinski definition) is 1. The predicted octanol–water partition coefficient (Wildman–Crippen LogP) is 6.91. The van der Waals surface area contributed by atoms with E-state index in [9.17, 15) is 0 Å². The lowest BCUT2D eigenvalue weighted by molar-refractivity contribution is 0.0945. The van der Waals surface area contributed by atoms with E-state index < -0.39 is 0 Å². The van der Waals surface area contributed by atoms with E-state index in [1.165, 1.54) is 59.2 Å². The molecule has 0 heterocycles. The van der Waals surface area contributed by atoms with E-state index in [4.69, 9.17) is 0 Å². The summed E-state index contributed by atoms with van der Waals surface area (Å²) < 4.78 is 0. The van der Waals surface area contributed by atoms with Crippen molar-refractivity contribution in [3.8, 4) is 11.1 Å². The summed E-state index contributed by atoms with van der Waals surface area (Å²) in [6, 6.07) is 27.2. The van der Waals surface area contributed by atoms with Gasteiger partial charge in [0.05, 0.1) is 0 Å². The van der Waals surface area contributed by atoms with Gasteiger partial charge in [-0.1, -0.05) is 66.7 Å². The monoisotopic (exact) mass is 454 g/mol. The average molecular weight is 455 g/mol. The first-order valence-corrected chi connectivity index (χ1v) is 10.9. The van der Waals surface area contributed by atoms with Crippen LogP contribution >= 0.6 is 24.8 Å². The molecule has 2 aliphatic carbocycles. The highest BCUT2D eigenvalue weighted by Gasteiger charge is 2.38. The van der Waals surface area contributed by atoms with Gasteiger partial charge in [0.2, 0.25) is 0 Å². The fraction of sp³-hybridized carbons (Fsp3) is 0.333. The van der Waals surface area contributed by atoms with Crippen LogP contribution in [0.5, 0.6) is 0 Å². The van der Waals surface area contributed by atoms with Crippen LogP contribution in [0.25, 0.3) is 11.1 Å². The Morgan fingerprint density at radius 1 is 0.774 bits per heavy atom. The number of rotatable bonds is 4. The van der Waals surface area contributed by atoms with Crippen molar-refractivity contribution < 1.29 is 0 Å². The van der Waals surface area contributed by atoms with E-state index in [1.807, 2.05) is 0 Å². The summed E-state index contributed by atoms with van der Waals surface area (Å²) in [6.07, 6.45) is 5.83. The zero-order valence-corrected chi connectivity index (χ0v) is 19.9. The molecule has 2 aliphatic rings. The Bertz CT molecular complexity index is 1010. The molecule has 0 spiro atoms. The highest BCUT2D eigenvalue weighted by Crippen LogP contribution is 2.44. The zero-order valence-electron chi connectivity index (χ0n) is 18.3. The van der Waals surface area contributed by atoms with Gasteiger partial charge in [-0.25, -0.2) is 0 Å². The zero-order chi connectivity index (χ0) is 19.8. The Hall–Kier alpha value is -2.00. The Kier molecular flexibility index (Phi) is 7.36. The van der Waals surface area contributed by atoms with Crippen LogP contribution in [-0.2, 0) is 12.0 Å². The topological polar surface area (TPSA) is 15.3 Å². The SMILES string of the molecule is CN(C)C1(c2ccccc2)CCC(Nc2cccc3c2Cc2ccccc2-3)CC1.Cl.Cl. The number of fused-ring (bicyclic) bond motifs is 3. The van der Waals surface area contributed by atoms with Crippen molar-refractivity contribution in [1.82, 2.24) is 4.90 Å². The number of hydrogen-bond acceptors (Lipinski definition) is 2. The lowest BCUT2D eigenvalue weighted by Gasteiger charge is -2.46. The summed E-state index contributed by atoms with van der Waals surface area (Å²) in [4.78, 5) is 2.44. The molecule has 0 saturated heterocycles. The molecule has 3 aromatic rings. The van der Waals surface area contributed by atoms with Gasteiger partial charge in [-0.2, -0.15) is 0 Å². The minimum Gasteiger partial charge on any atom is -0.382 e. The Labute approximate surface area is 198 Å². The van der Waals surface area contributed by atoms with Crippen LogP contribution in [0.1, 0.15) is 42.4 Å². The minimum absolute atomic E-state index is 0. The standard InChI is InChI=1S/C27H30N2.2ClH/c1-29(2)27(21-10-4-3-5-11-21)17-15-22(16-18-27)28-26-14-8-13-24-23-12-7-6-9-20(23)19-25(24)26;;/h3-14,22,28H,15-19H2,1-2H3;2*1H. The largest absolute Gasteiger partial charge is 0.382 e. The quantitative estimate of drug-likeness (QED) is 0.360. The second-order valence-electron chi connectivity index (χ2n) is 8.88. The Morgan fingerprint density at radius 3 is 2.13 bits per heavy atom. The summed E-state index contributed by atoms with van der Waals surface area (Å²) in [6.45, 7) is 0. The van der Waals surface area contributed by atoms with Gasteiger partial charge < -0.3 is 5.32 Å². The first-order chi connectivity index (χ1) is 14.2. The molecular weight excluding hydrogens is 423 g/mol. The lowest BCUT2D eigenvalue weighted by atomic mass is 9.74. The fourth-order valence-electron chi connectivity index (χ4n) is 5.49. The van der Waals surface area contributed by atoms with Crippen molar-refractivity contribution in [3.05, 3.63) is 89.5 Å². The van der Waals surface area contributed by atoms with E-state index >= 15 is 0 Å². The first-order valence-electron chi connectivity index (χ1n) is 10.9. The Balaban J connectivity index is 0.00000136. The minimum atomic E-state index is 0. The maximum Gasteiger partial charge on any atom is 0.0456 e. The molecule has 1 N–H and O–H groups in total. The molecule has 0 radical (unpaired) electrons. The summed E-state index contributed by atoms with van der Waals surface area (Å²) in [5, 5.41) is 3.93. The second kappa shape index (κ2) is 9.65. The molecule has 1 fully saturated rings. The van der Waals surface area contributed by atoms with Crippen LogP contribution in [0.15, 0.2) is 72.8 Å². The summed E-state index contributed by atoms with van der Waals surface area (Å²) in [5.74, 6) is 0. The number of anilines is 1. The maximum absolute atomic E-state index is 3.93. The van der Waals surface area contributed by atoms with Crippen LogP contribution in [0.3, 0.4) is 0 Å². The molecule has 2 nitrogen and oxygen atoms in total. The maximum atomic E-state index is 3.93. The third kappa shape index (κ3) is 4.22. The predicted molar refractivity (Wildman–Crippen MR) is 137 cm³/mol. The Morgan fingerprint density at radius 2 is 1.42 bits per heavy atom. The molecule has 0 aromatic heterocycles. The molecular formula is C27H32Cl2N2. The van der Waals surface area contributed by atoms with Gasteiger partial charge in [0.25, 0.3) is 0 Å². The third-order valence-corrected chi connectivity index (χ3v) is 7.19. The summed E-state index contributed by atoms with van der Waals surface area (Å²) in [7, 11) is 4.48. The van der Waals surface area contributed by atoms with Crippen molar-refractivity contribution in [3.63, 3.8) is 0 Å². The second-order valence-corrected chi connectivity index (χ2v) is 8.88.